The fourth-order valence-electron chi connectivity index (χ4n) is 4.41. The molecule has 2 fully saturated rings. The fraction of sp³-hybridized carbons (Fsp3) is 0.480. The van der Waals surface area contributed by atoms with Gasteiger partial charge in [0.2, 0.25) is 0 Å². The Morgan fingerprint density at radius 1 is 1.12 bits per heavy atom. The van der Waals surface area contributed by atoms with E-state index in [2.05, 4.69) is 21.6 Å². The average Bonchev–Trinajstić information content (AvgIpc) is 3.27. The van der Waals surface area contributed by atoms with E-state index in [0.717, 1.165) is 69.9 Å². The third kappa shape index (κ3) is 6.54. The van der Waals surface area contributed by atoms with E-state index >= 15 is 0 Å². The lowest BCUT2D eigenvalue weighted by Crippen LogP contribution is -2.37. The van der Waals surface area contributed by atoms with Crippen molar-refractivity contribution in [3.63, 3.8) is 0 Å². The van der Waals surface area contributed by atoms with Crippen LogP contribution in [-0.4, -0.2) is 62.8 Å². The minimum absolute atomic E-state index is 0.117. The van der Waals surface area contributed by atoms with Gasteiger partial charge in [-0.2, -0.15) is 0 Å². The molecule has 0 bridgehead atoms. The SMILES string of the molecule is COc1ccc(CCN2CCC(NC(=O)c3ccc(Cl)c(Cl)c3)C2)c(OC2CCNCC2)c1. The van der Waals surface area contributed by atoms with Gasteiger partial charge in [0.15, 0.2) is 0 Å². The molecule has 1 atom stereocenters. The van der Waals surface area contributed by atoms with Crippen LogP contribution in [0.5, 0.6) is 11.5 Å². The van der Waals surface area contributed by atoms with E-state index in [1.165, 1.54) is 5.56 Å². The maximum absolute atomic E-state index is 12.6. The summed E-state index contributed by atoms with van der Waals surface area (Å²) >= 11 is 12.0. The van der Waals surface area contributed by atoms with Gasteiger partial charge in [0.05, 0.1) is 17.2 Å². The standard InChI is InChI=1S/C25H31Cl2N3O3/c1-32-21-4-2-17(24(15-21)33-20-6-10-28-11-7-20)8-12-30-13-9-19(16-30)29-25(31)18-3-5-22(26)23(27)14-18/h2-5,14-15,19-20,28H,6-13,16H2,1H3,(H,29,31). The highest BCUT2D eigenvalue weighted by molar-refractivity contribution is 6.42. The third-order valence-corrected chi connectivity index (χ3v) is 7.08. The number of carbonyl (C=O) groups is 1. The summed E-state index contributed by atoms with van der Waals surface area (Å²) < 4.78 is 11.8. The van der Waals surface area contributed by atoms with Crippen LogP contribution in [-0.2, 0) is 6.42 Å². The number of amides is 1. The highest BCUT2D eigenvalue weighted by Gasteiger charge is 2.25. The van der Waals surface area contributed by atoms with Crippen LogP contribution in [0.1, 0.15) is 35.2 Å². The monoisotopic (exact) mass is 491 g/mol. The largest absolute Gasteiger partial charge is 0.497 e. The molecule has 0 spiro atoms. The molecule has 2 aliphatic rings. The van der Waals surface area contributed by atoms with E-state index in [1.54, 1.807) is 25.3 Å². The van der Waals surface area contributed by atoms with Crippen molar-refractivity contribution in [2.45, 2.75) is 37.8 Å². The number of nitrogens with zero attached hydrogens (tertiary/aromatic N) is 1. The second kappa shape index (κ2) is 11.4. The van der Waals surface area contributed by atoms with Crippen LogP contribution in [0, 0.1) is 0 Å². The second-order valence-corrected chi connectivity index (χ2v) is 9.49. The predicted molar refractivity (Wildman–Crippen MR) is 132 cm³/mol. The Balaban J connectivity index is 1.31. The Morgan fingerprint density at radius 3 is 2.70 bits per heavy atom. The molecule has 2 aliphatic heterocycles. The summed E-state index contributed by atoms with van der Waals surface area (Å²) in [5.74, 6) is 1.62. The molecule has 2 aromatic rings. The van der Waals surface area contributed by atoms with E-state index in [0.29, 0.717) is 15.6 Å². The Bertz CT molecular complexity index is 966. The van der Waals surface area contributed by atoms with Gasteiger partial charge < -0.3 is 25.0 Å². The van der Waals surface area contributed by atoms with Gasteiger partial charge in [-0.1, -0.05) is 29.3 Å². The molecule has 33 heavy (non-hydrogen) atoms. The first-order chi connectivity index (χ1) is 16.0. The Labute approximate surface area is 205 Å². The van der Waals surface area contributed by atoms with Gasteiger partial charge in [-0.15, -0.1) is 0 Å². The second-order valence-electron chi connectivity index (χ2n) is 8.68. The van der Waals surface area contributed by atoms with Crippen LogP contribution >= 0.6 is 23.2 Å². The smallest absolute Gasteiger partial charge is 0.251 e. The van der Waals surface area contributed by atoms with Gasteiger partial charge in [0.1, 0.15) is 17.6 Å². The number of piperidine rings is 1. The third-order valence-electron chi connectivity index (χ3n) is 6.34. The fourth-order valence-corrected chi connectivity index (χ4v) is 4.71. The van der Waals surface area contributed by atoms with Crippen molar-refractivity contribution >= 4 is 29.1 Å². The molecule has 0 aromatic heterocycles. The molecule has 178 valence electrons. The molecule has 0 saturated carbocycles. The first kappa shape index (κ1) is 24.1. The number of hydrogen-bond acceptors (Lipinski definition) is 5. The lowest BCUT2D eigenvalue weighted by atomic mass is 10.1. The predicted octanol–water partition coefficient (Wildman–Crippen LogP) is 4.18. The van der Waals surface area contributed by atoms with Gasteiger partial charge >= 0.3 is 0 Å². The highest BCUT2D eigenvalue weighted by atomic mass is 35.5. The number of halogens is 2. The number of methoxy groups -OCH3 is 1. The zero-order chi connectivity index (χ0) is 23.2. The molecule has 6 nitrogen and oxygen atoms in total. The first-order valence-corrected chi connectivity index (χ1v) is 12.3. The number of benzene rings is 2. The maximum Gasteiger partial charge on any atom is 0.251 e. The quantitative estimate of drug-likeness (QED) is 0.579. The molecule has 1 amide bonds. The van der Waals surface area contributed by atoms with E-state index in [1.807, 2.05) is 12.1 Å². The number of likely N-dealkylation sites (tertiary alicyclic amines) is 1. The minimum atomic E-state index is -0.117. The Hall–Kier alpha value is -1.99. The van der Waals surface area contributed by atoms with E-state index < -0.39 is 0 Å². The van der Waals surface area contributed by atoms with Crippen molar-refractivity contribution < 1.29 is 14.3 Å². The van der Waals surface area contributed by atoms with Crippen LogP contribution in [0.2, 0.25) is 10.0 Å². The summed E-state index contributed by atoms with van der Waals surface area (Å²) in [6.45, 7) is 4.68. The zero-order valence-electron chi connectivity index (χ0n) is 18.9. The Kier molecular flexibility index (Phi) is 8.36. The summed E-state index contributed by atoms with van der Waals surface area (Å²) in [5.41, 5.74) is 1.72. The van der Waals surface area contributed by atoms with Crippen LogP contribution in [0.25, 0.3) is 0 Å². The molecule has 4 rings (SSSR count). The molecule has 2 heterocycles. The minimum Gasteiger partial charge on any atom is -0.497 e. The molecule has 8 heteroatoms. The lowest BCUT2D eigenvalue weighted by Gasteiger charge is -2.25. The number of ether oxygens (including phenoxy) is 2. The van der Waals surface area contributed by atoms with Crippen molar-refractivity contribution in [3.05, 3.63) is 57.6 Å². The zero-order valence-corrected chi connectivity index (χ0v) is 20.4. The van der Waals surface area contributed by atoms with E-state index in [4.69, 9.17) is 32.7 Å². The van der Waals surface area contributed by atoms with Crippen LogP contribution in [0.3, 0.4) is 0 Å². The van der Waals surface area contributed by atoms with Crippen LogP contribution in [0.4, 0.5) is 0 Å². The number of rotatable bonds is 8. The van der Waals surface area contributed by atoms with Crippen molar-refractivity contribution in [3.8, 4) is 11.5 Å². The molecule has 2 N–H and O–H groups in total. The summed E-state index contributed by atoms with van der Waals surface area (Å²) in [5, 5.41) is 7.34. The summed E-state index contributed by atoms with van der Waals surface area (Å²) in [6.07, 6.45) is 4.09. The van der Waals surface area contributed by atoms with Crippen molar-refractivity contribution in [2.24, 2.45) is 0 Å². The molecule has 0 radical (unpaired) electrons. The van der Waals surface area contributed by atoms with Crippen LogP contribution < -0.4 is 20.1 Å². The van der Waals surface area contributed by atoms with Gasteiger partial charge in [-0.3, -0.25) is 4.79 Å². The Morgan fingerprint density at radius 2 is 1.94 bits per heavy atom. The van der Waals surface area contributed by atoms with Gasteiger partial charge in [-0.25, -0.2) is 0 Å². The molecular weight excluding hydrogens is 461 g/mol. The molecule has 0 aliphatic carbocycles. The normalized spacial score (nSPS) is 19.4. The van der Waals surface area contributed by atoms with E-state index in [-0.39, 0.29) is 18.1 Å². The molecule has 2 saturated heterocycles. The highest BCUT2D eigenvalue weighted by Crippen LogP contribution is 2.28. The molecule has 1 unspecified atom stereocenters. The summed E-state index contributed by atoms with van der Waals surface area (Å²) in [4.78, 5) is 15.0. The average molecular weight is 492 g/mol. The van der Waals surface area contributed by atoms with Crippen LogP contribution in [0.15, 0.2) is 36.4 Å². The molecular formula is C25H31Cl2N3O3. The van der Waals surface area contributed by atoms with Crippen molar-refractivity contribution in [2.75, 3.05) is 39.8 Å². The van der Waals surface area contributed by atoms with Gasteiger partial charge in [0, 0.05) is 37.3 Å². The number of nitrogens with one attached hydrogen (secondary N) is 2. The van der Waals surface area contributed by atoms with E-state index in [9.17, 15) is 4.79 Å². The maximum atomic E-state index is 12.6. The number of hydrogen-bond donors (Lipinski definition) is 2. The summed E-state index contributed by atoms with van der Waals surface area (Å²) in [6, 6.07) is 11.2. The summed E-state index contributed by atoms with van der Waals surface area (Å²) in [7, 11) is 1.68. The van der Waals surface area contributed by atoms with Crippen molar-refractivity contribution in [1.29, 1.82) is 0 Å². The van der Waals surface area contributed by atoms with Crippen molar-refractivity contribution in [1.82, 2.24) is 15.5 Å². The molecule has 2 aromatic carbocycles. The number of carbonyl (C=O) groups excluding carboxylic acids is 1. The van der Waals surface area contributed by atoms with Gasteiger partial charge in [-0.05, 0) is 68.6 Å². The van der Waals surface area contributed by atoms with Gasteiger partial charge in [0.25, 0.3) is 5.91 Å². The topological polar surface area (TPSA) is 62.8 Å². The first-order valence-electron chi connectivity index (χ1n) is 11.5. The lowest BCUT2D eigenvalue weighted by molar-refractivity contribution is 0.0938.